The number of allylic oxidation sites excluding steroid dienone is 1. The highest BCUT2D eigenvalue weighted by Gasteiger charge is 2.34. The van der Waals surface area contributed by atoms with Crippen molar-refractivity contribution in [2.75, 3.05) is 10.6 Å². The van der Waals surface area contributed by atoms with Crippen LogP contribution in [0.3, 0.4) is 0 Å². The van der Waals surface area contributed by atoms with Crippen LogP contribution in [-0.4, -0.2) is 25.7 Å². The van der Waals surface area contributed by atoms with E-state index in [-0.39, 0.29) is 5.91 Å². The first-order valence-corrected chi connectivity index (χ1v) is 8.36. The summed E-state index contributed by atoms with van der Waals surface area (Å²) in [5, 5.41) is 10.9. The number of halogens is 1. The number of amides is 1. The lowest BCUT2D eigenvalue weighted by atomic mass is 9.98. The number of nitrogens with zero attached hydrogens (tertiary/aromatic N) is 4. The molecule has 2 N–H and O–H groups in total. The molecule has 7 nitrogen and oxygen atoms in total. The van der Waals surface area contributed by atoms with Gasteiger partial charge in [-0.25, -0.2) is 4.68 Å². The van der Waals surface area contributed by atoms with E-state index in [9.17, 15) is 4.79 Å². The Morgan fingerprint density at radius 1 is 1.19 bits per heavy atom. The molecule has 4 rings (SSSR count). The Bertz CT molecular complexity index is 980. The zero-order valence-electron chi connectivity index (χ0n) is 13.8. The fraction of sp³-hybridized carbons (Fsp3) is 0.111. The average Bonchev–Trinajstić information content (AvgIpc) is 3.11. The van der Waals surface area contributed by atoms with Crippen LogP contribution in [0.5, 0.6) is 0 Å². The summed E-state index contributed by atoms with van der Waals surface area (Å²) in [5.74, 6) is 0.329. The average molecular weight is 367 g/mol. The van der Waals surface area contributed by atoms with E-state index in [1.807, 2.05) is 25.1 Å². The highest BCUT2D eigenvalue weighted by molar-refractivity contribution is 6.30. The van der Waals surface area contributed by atoms with Crippen molar-refractivity contribution in [3.8, 4) is 0 Å². The van der Waals surface area contributed by atoms with Crippen molar-refractivity contribution in [3.63, 3.8) is 0 Å². The maximum atomic E-state index is 13.0. The molecule has 1 amide bonds. The van der Waals surface area contributed by atoms with E-state index in [1.165, 1.54) is 6.33 Å². The van der Waals surface area contributed by atoms with Crippen LogP contribution in [0, 0.1) is 0 Å². The first-order chi connectivity index (χ1) is 12.6. The molecule has 130 valence electrons. The van der Waals surface area contributed by atoms with Gasteiger partial charge in [0.05, 0.1) is 11.3 Å². The Hall–Kier alpha value is -3.19. The second-order valence-corrected chi connectivity index (χ2v) is 6.25. The molecule has 26 heavy (non-hydrogen) atoms. The van der Waals surface area contributed by atoms with E-state index in [4.69, 9.17) is 11.6 Å². The van der Waals surface area contributed by atoms with Crippen LogP contribution < -0.4 is 10.6 Å². The Labute approximate surface area is 154 Å². The van der Waals surface area contributed by atoms with E-state index < -0.39 is 6.04 Å². The van der Waals surface area contributed by atoms with Crippen molar-refractivity contribution in [3.05, 3.63) is 77.0 Å². The van der Waals surface area contributed by atoms with Gasteiger partial charge in [-0.05, 0) is 43.3 Å². The lowest BCUT2D eigenvalue weighted by molar-refractivity contribution is -0.113. The first-order valence-electron chi connectivity index (χ1n) is 7.98. The highest BCUT2D eigenvalue weighted by atomic mass is 35.5. The second kappa shape index (κ2) is 6.61. The molecule has 1 aliphatic rings. The summed E-state index contributed by atoms with van der Waals surface area (Å²) in [6.45, 7) is 1.84. The summed E-state index contributed by atoms with van der Waals surface area (Å²) in [6.07, 6.45) is 3.14. The lowest BCUT2D eigenvalue weighted by Crippen LogP contribution is -2.32. The number of hydrogen-bond acceptors (Lipinski definition) is 5. The molecule has 0 saturated heterocycles. The molecule has 0 bridgehead atoms. The maximum absolute atomic E-state index is 13.0. The molecule has 0 radical (unpaired) electrons. The lowest BCUT2D eigenvalue weighted by Gasteiger charge is -2.28. The van der Waals surface area contributed by atoms with Gasteiger partial charge in [-0.2, -0.15) is 10.1 Å². The van der Waals surface area contributed by atoms with Gasteiger partial charge in [0.2, 0.25) is 5.95 Å². The van der Waals surface area contributed by atoms with E-state index in [1.54, 1.807) is 35.1 Å². The molecular formula is C18H15ClN6O. The van der Waals surface area contributed by atoms with E-state index in [2.05, 4.69) is 25.7 Å². The molecule has 3 heterocycles. The minimum atomic E-state index is -0.470. The maximum Gasteiger partial charge on any atom is 0.255 e. The number of hydrogen-bond donors (Lipinski definition) is 2. The quantitative estimate of drug-likeness (QED) is 0.743. The molecule has 2 aromatic heterocycles. The third-order valence-electron chi connectivity index (χ3n) is 4.11. The largest absolute Gasteiger partial charge is 0.328 e. The predicted octanol–water partition coefficient (Wildman–Crippen LogP) is 3.25. The summed E-state index contributed by atoms with van der Waals surface area (Å²) >= 11 is 5.91. The van der Waals surface area contributed by atoms with Gasteiger partial charge >= 0.3 is 0 Å². The van der Waals surface area contributed by atoms with Crippen molar-refractivity contribution >= 4 is 29.1 Å². The van der Waals surface area contributed by atoms with Gasteiger partial charge in [-0.3, -0.25) is 9.78 Å². The van der Waals surface area contributed by atoms with Crippen LogP contribution in [-0.2, 0) is 4.79 Å². The van der Waals surface area contributed by atoms with Crippen LogP contribution in [0.25, 0.3) is 0 Å². The number of nitrogens with one attached hydrogen (secondary N) is 2. The minimum absolute atomic E-state index is 0.242. The van der Waals surface area contributed by atoms with Gasteiger partial charge in [0.1, 0.15) is 12.4 Å². The number of pyridine rings is 1. The summed E-state index contributed by atoms with van der Waals surface area (Å²) in [7, 11) is 0. The van der Waals surface area contributed by atoms with Crippen LogP contribution in [0.1, 0.15) is 18.7 Å². The number of rotatable bonds is 3. The fourth-order valence-corrected chi connectivity index (χ4v) is 3.05. The predicted molar refractivity (Wildman–Crippen MR) is 98.8 cm³/mol. The Balaban J connectivity index is 1.74. The van der Waals surface area contributed by atoms with Crippen LogP contribution in [0.2, 0.25) is 5.02 Å². The molecule has 0 spiro atoms. The van der Waals surface area contributed by atoms with E-state index >= 15 is 0 Å². The zero-order chi connectivity index (χ0) is 18.1. The molecule has 1 atom stereocenters. The van der Waals surface area contributed by atoms with E-state index in [0.29, 0.717) is 33.6 Å². The Kier molecular flexibility index (Phi) is 4.14. The van der Waals surface area contributed by atoms with Crippen LogP contribution in [0.4, 0.5) is 11.6 Å². The molecule has 0 aliphatic carbocycles. The van der Waals surface area contributed by atoms with Gasteiger partial charge in [-0.15, -0.1) is 0 Å². The van der Waals surface area contributed by atoms with Gasteiger partial charge in [0, 0.05) is 22.6 Å². The molecule has 1 aliphatic heterocycles. The Morgan fingerprint density at radius 2 is 2.00 bits per heavy atom. The van der Waals surface area contributed by atoms with E-state index in [0.717, 1.165) is 0 Å². The molecule has 0 unspecified atom stereocenters. The smallest absolute Gasteiger partial charge is 0.255 e. The van der Waals surface area contributed by atoms with Gasteiger partial charge < -0.3 is 10.6 Å². The normalized spacial score (nSPS) is 16.0. The van der Waals surface area contributed by atoms with Crippen LogP contribution >= 0.6 is 11.6 Å². The summed E-state index contributed by atoms with van der Waals surface area (Å²) in [5.41, 5.74) is 2.59. The van der Waals surface area contributed by atoms with Crippen LogP contribution in [0.15, 0.2) is 66.3 Å². The number of anilines is 2. The second-order valence-electron chi connectivity index (χ2n) is 5.81. The monoisotopic (exact) mass is 366 g/mol. The van der Waals surface area contributed by atoms with Crippen molar-refractivity contribution < 1.29 is 4.79 Å². The van der Waals surface area contributed by atoms with Crippen molar-refractivity contribution in [1.29, 1.82) is 0 Å². The van der Waals surface area contributed by atoms with Crippen molar-refractivity contribution in [2.45, 2.75) is 13.0 Å². The number of carbonyl (C=O) groups is 1. The topological polar surface area (TPSA) is 84.7 Å². The molecule has 8 heteroatoms. The standard InChI is InChI=1S/C18H15ClN6O/c1-11-15(17(26)24-13-7-5-12(19)6-8-13)16(14-4-2-3-9-20-14)25-18(23-11)21-10-22-25/h2-10,16H,1H3,(H,24,26)(H,21,22,23)/t16-/m1/s1. The van der Waals surface area contributed by atoms with Gasteiger partial charge in [-0.1, -0.05) is 17.7 Å². The molecule has 1 aromatic carbocycles. The highest BCUT2D eigenvalue weighted by Crippen LogP contribution is 2.34. The number of benzene rings is 1. The van der Waals surface area contributed by atoms with Crippen molar-refractivity contribution in [1.82, 2.24) is 19.7 Å². The summed E-state index contributed by atoms with van der Waals surface area (Å²) < 4.78 is 1.66. The number of fused-ring (bicyclic) bond motifs is 1. The zero-order valence-corrected chi connectivity index (χ0v) is 14.6. The molecule has 3 aromatic rings. The number of carbonyl (C=O) groups excluding carboxylic acids is 1. The minimum Gasteiger partial charge on any atom is -0.328 e. The summed E-state index contributed by atoms with van der Waals surface area (Å²) in [6, 6.07) is 12.1. The number of aromatic nitrogens is 4. The summed E-state index contributed by atoms with van der Waals surface area (Å²) in [4.78, 5) is 21.7. The first kappa shape index (κ1) is 16.3. The third-order valence-corrected chi connectivity index (χ3v) is 4.36. The van der Waals surface area contributed by atoms with Crippen molar-refractivity contribution in [2.24, 2.45) is 0 Å². The molecular weight excluding hydrogens is 352 g/mol. The third kappa shape index (κ3) is 2.93. The van der Waals surface area contributed by atoms with Gasteiger partial charge in [0.15, 0.2) is 0 Å². The molecule has 0 saturated carbocycles. The Morgan fingerprint density at radius 3 is 2.73 bits per heavy atom. The van der Waals surface area contributed by atoms with Gasteiger partial charge in [0.25, 0.3) is 5.91 Å². The SMILES string of the molecule is CC1=C(C(=O)Nc2ccc(Cl)cc2)[C@@H](c2ccccn2)n2ncnc2N1. The molecule has 0 fully saturated rings. The fourth-order valence-electron chi connectivity index (χ4n) is 2.93.